The van der Waals surface area contributed by atoms with Gasteiger partial charge in [0.25, 0.3) is 5.91 Å². The van der Waals surface area contributed by atoms with Crippen LogP contribution in [0.25, 0.3) is 0 Å². The van der Waals surface area contributed by atoms with Crippen molar-refractivity contribution in [1.29, 1.82) is 0 Å². The van der Waals surface area contributed by atoms with E-state index in [2.05, 4.69) is 0 Å². The standard InChI is InChI=1S/C23H27NO4/c1-15-11-17(3)19(12-16(15)2)21(26)24-10-9-23(22(27)28,20(25)14-24)13-18-7-5-4-6-8-18/h4-8,11-12,20,25H,9-10,13-14H2,1-3H3,(H,27,28)/t20-,23-/m1/s1. The number of aliphatic carboxylic acids is 1. The Morgan fingerprint density at radius 2 is 1.71 bits per heavy atom. The zero-order valence-electron chi connectivity index (χ0n) is 16.6. The normalized spacial score (nSPS) is 22.1. The summed E-state index contributed by atoms with van der Waals surface area (Å²) in [6, 6.07) is 13.2. The van der Waals surface area contributed by atoms with Crippen molar-refractivity contribution in [2.45, 2.75) is 39.7 Å². The molecule has 1 heterocycles. The van der Waals surface area contributed by atoms with Crippen LogP contribution >= 0.6 is 0 Å². The Labute approximate surface area is 165 Å². The molecule has 5 heteroatoms. The predicted molar refractivity (Wildman–Crippen MR) is 107 cm³/mol. The molecule has 148 valence electrons. The molecule has 1 aliphatic rings. The Morgan fingerprint density at radius 1 is 1.07 bits per heavy atom. The first kappa shape index (κ1) is 20.1. The van der Waals surface area contributed by atoms with Crippen LogP contribution in [-0.4, -0.2) is 46.2 Å². The first-order valence-electron chi connectivity index (χ1n) is 9.57. The van der Waals surface area contributed by atoms with E-state index >= 15 is 0 Å². The van der Waals surface area contributed by atoms with Gasteiger partial charge in [0.2, 0.25) is 0 Å². The van der Waals surface area contributed by atoms with Crippen LogP contribution in [0.15, 0.2) is 42.5 Å². The highest BCUT2D eigenvalue weighted by Crippen LogP contribution is 2.36. The minimum absolute atomic E-state index is 0.0182. The number of piperidine rings is 1. The number of nitrogens with zero attached hydrogens (tertiary/aromatic N) is 1. The van der Waals surface area contributed by atoms with Gasteiger partial charge in [-0.25, -0.2) is 0 Å². The molecule has 28 heavy (non-hydrogen) atoms. The van der Waals surface area contributed by atoms with E-state index in [9.17, 15) is 19.8 Å². The van der Waals surface area contributed by atoms with Gasteiger partial charge in [0.15, 0.2) is 0 Å². The second-order valence-corrected chi connectivity index (χ2v) is 7.89. The van der Waals surface area contributed by atoms with Crippen LogP contribution < -0.4 is 0 Å². The average molecular weight is 381 g/mol. The maximum Gasteiger partial charge on any atom is 0.312 e. The SMILES string of the molecule is Cc1cc(C)c(C(=O)N2CC[C@](Cc3ccccc3)(C(=O)O)[C@H](O)C2)cc1C. The highest BCUT2D eigenvalue weighted by atomic mass is 16.4. The molecular formula is C23H27NO4. The third kappa shape index (κ3) is 3.67. The lowest BCUT2D eigenvalue weighted by atomic mass is 9.71. The zero-order valence-corrected chi connectivity index (χ0v) is 16.6. The van der Waals surface area contributed by atoms with E-state index in [1.807, 2.05) is 63.2 Å². The van der Waals surface area contributed by atoms with Gasteiger partial charge >= 0.3 is 5.97 Å². The molecule has 0 unspecified atom stereocenters. The van der Waals surface area contributed by atoms with Gasteiger partial charge in [-0.15, -0.1) is 0 Å². The van der Waals surface area contributed by atoms with E-state index in [0.717, 1.165) is 22.3 Å². The number of hydrogen-bond donors (Lipinski definition) is 2. The number of rotatable bonds is 4. The summed E-state index contributed by atoms with van der Waals surface area (Å²) < 4.78 is 0. The van der Waals surface area contributed by atoms with Gasteiger partial charge < -0.3 is 15.1 Å². The third-order valence-corrected chi connectivity index (χ3v) is 6.01. The Morgan fingerprint density at radius 3 is 2.32 bits per heavy atom. The highest BCUT2D eigenvalue weighted by molar-refractivity contribution is 5.96. The topological polar surface area (TPSA) is 77.8 Å². The van der Waals surface area contributed by atoms with Crippen LogP contribution in [0.3, 0.4) is 0 Å². The van der Waals surface area contributed by atoms with Crippen LogP contribution in [-0.2, 0) is 11.2 Å². The molecule has 0 bridgehead atoms. The second-order valence-electron chi connectivity index (χ2n) is 7.89. The summed E-state index contributed by atoms with van der Waals surface area (Å²) in [5.41, 5.74) is 3.25. The van der Waals surface area contributed by atoms with Gasteiger partial charge in [0.05, 0.1) is 6.10 Å². The molecule has 0 radical (unpaired) electrons. The van der Waals surface area contributed by atoms with Gasteiger partial charge in [-0.2, -0.15) is 0 Å². The number of likely N-dealkylation sites (tertiary alicyclic amines) is 1. The van der Waals surface area contributed by atoms with E-state index < -0.39 is 17.5 Å². The van der Waals surface area contributed by atoms with Crippen LogP contribution in [0, 0.1) is 26.2 Å². The van der Waals surface area contributed by atoms with Gasteiger partial charge in [0.1, 0.15) is 5.41 Å². The number of carbonyl (C=O) groups excluding carboxylic acids is 1. The number of β-amino-alcohol motifs (C(OH)–C–C–N with tert-alkyl or cyclic N) is 1. The number of amides is 1. The number of carboxylic acid groups (broad SMARTS) is 1. The molecule has 1 fully saturated rings. The smallest absolute Gasteiger partial charge is 0.312 e. The molecule has 2 aromatic carbocycles. The van der Waals surface area contributed by atoms with E-state index in [1.54, 1.807) is 4.90 Å². The molecule has 2 atom stereocenters. The molecule has 1 saturated heterocycles. The maximum atomic E-state index is 13.0. The van der Waals surface area contributed by atoms with Gasteiger partial charge in [-0.1, -0.05) is 36.4 Å². The lowest BCUT2D eigenvalue weighted by molar-refractivity contribution is -0.161. The van der Waals surface area contributed by atoms with Crippen molar-refractivity contribution in [1.82, 2.24) is 4.90 Å². The molecule has 2 aromatic rings. The minimum atomic E-state index is -1.28. The zero-order chi connectivity index (χ0) is 20.5. The first-order chi connectivity index (χ1) is 13.2. The first-order valence-corrected chi connectivity index (χ1v) is 9.57. The lowest BCUT2D eigenvalue weighted by Gasteiger charge is -2.43. The molecule has 3 rings (SSSR count). The van der Waals surface area contributed by atoms with Crippen molar-refractivity contribution in [2.24, 2.45) is 5.41 Å². The fourth-order valence-corrected chi connectivity index (χ4v) is 4.01. The molecule has 5 nitrogen and oxygen atoms in total. The molecule has 0 aliphatic carbocycles. The largest absolute Gasteiger partial charge is 0.481 e. The number of aliphatic hydroxyl groups excluding tert-OH is 1. The number of carbonyl (C=O) groups is 2. The van der Waals surface area contributed by atoms with Crippen molar-refractivity contribution < 1.29 is 19.8 Å². The number of hydrogen-bond acceptors (Lipinski definition) is 3. The number of carboxylic acids is 1. The van der Waals surface area contributed by atoms with Crippen molar-refractivity contribution in [3.05, 3.63) is 70.3 Å². The lowest BCUT2D eigenvalue weighted by Crippen LogP contribution is -2.57. The Balaban J connectivity index is 1.82. The van der Waals surface area contributed by atoms with E-state index in [-0.39, 0.29) is 25.3 Å². The Kier molecular flexibility index (Phi) is 5.57. The van der Waals surface area contributed by atoms with Crippen molar-refractivity contribution in [3.8, 4) is 0 Å². The van der Waals surface area contributed by atoms with Gasteiger partial charge in [-0.3, -0.25) is 9.59 Å². The minimum Gasteiger partial charge on any atom is -0.481 e. The van der Waals surface area contributed by atoms with E-state index in [0.29, 0.717) is 12.1 Å². The summed E-state index contributed by atoms with van der Waals surface area (Å²) in [6.45, 7) is 6.20. The van der Waals surface area contributed by atoms with Gasteiger partial charge in [-0.05, 0) is 61.9 Å². The molecule has 1 amide bonds. The van der Waals surface area contributed by atoms with Crippen molar-refractivity contribution >= 4 is 11.9 Å². The molecule has 2 N–H and O–H groups in total. The Hall–Kier alpha value is -2.66. The van der Waals surface area contributed by atoms with Crippen LogP contribution in [0.1, 0.15) is 39.0 Å². The number of benzene rings is 2. The number of aryl methyl sites for hydroxylation is 3. The van der Waals surface area contributed by atoms with Crippen molar-refractivity contribution in [2.75, 3.05) is 13.1 Å². The van der Waals surface area contributed by atoms with E-state index in [4.69, 9.17) is 0 Å². The monoisotopic (exact) mass is 381 g/mol. The summed E-state index contributed by atoms with van der Waals surface area (Å²) in [6.07, 6.45) is -0.668. The quantitative estimate of drug-likeness (QED) is 0.853. The van der Waals surface area contributed by atoms with Crippen molar-refractivity contribution in [3.63, 3.8) is 0 Å². The molecule has 1 aliphatic heterocycles. The van der Waals surface area contributed by atoms with Crippen LogP contribution in [0.5, 0.6) is 0 Å². The fraction of sp³-hybridized carbons (Fsp3) is 0.391. The highest BCUT2D eigenvalue weighted by Gasteiger charge is 2.49. The van der Waals surface area contributed by atoms with Crippen LogP contribution in [0.4, 0.5) is 0 Å². The molecule has 0 saturated carbocycles. The summed E-state index contributed by atoms with van der Waals surface area (Å²) in [7, 11) is 0. The maximum absolute atomic E-state index is 13.0. The number of aliphatic hydroxyl groups is 1. The third-order valence-electron chi connectivity index (χ3n) is 6.01. The summed E-state index contributed by atoms with van der Waals surface area (Å²) in [5, 5.41) is 20.7. The molecule has 0 spiro atoms. The molecule has 0 aromatic heterocycles. The van der Waals surface area contributed by atoms with E-state index in [1.165, 1.54) is 0 Å². The average Bonchev–Trinajstić information content (AvgIpc) is 2.66. The second kappa shape index (κ2) is 7.76. The predicted octanol–water partition coefficient (Wildman–Crippen LogP) is 3.13. The van der Waals surface area contributed by atoms with Gasteiger partial charge in [0, 0.05) is 18.7 Å². The summed E-state index contributed by atoms with van der Waals surface area (Å²) >= 11 is 0. The molecular weight excluding hydrogens is 354 g/mol. The fourth-order valence-electron chi connectivity index (χ4n) is 4.01. The Bertz CT molecular complexity index is 893. The summed E-state index contributed by atoms with van der Waals surface area (Å²) in [4.78, 5) is 26.7. The summed E-state index contributed by atoms with van der Waals surface area (Å²) in [5.74, 6) is -1.17. The van der Waals surface area contributed by atoms with Crippen LogP contribution in [0.2, 0.25) is 0 Å².